The molecule has 0 amide bonds. The Hall–Kier alpha value is -0.740. The lowest BCUT2D eigenvalue weighted by Gasteiger charge is -1.99. The SMILES string of the molecule is CCNCCC(=O)Cc1nc(C)cs1. The topological polar surface area (TPSA) is 42.0 Å². The van der Waals surface area contributed by atoms with E-state index in [-0.39, 0.29) is 5.78 Å². The highest BCUT2D eigenvalue weighted by molar-refractivity contribution is 7.09. The highest BCUT2D eigenvalue weighted by Crippen LogP contribution is 2.09. The molecular weight excluding hydrogens is 196 g/mol. The smallest absolute Gasteiger partial charge is 0.140 e. The van der Waals surface area contributed by atoms with Crippen LogP contribution in [-0.2, 0) is 11.2 Å². The number of aromatic nitrogens is 1. The molecule has 4 heteroatoms. The first-order valence-electron chi connectivity index (χ1n) is 4.85. The molecule has 0 unspecified atom stereocenters. The zero-order valence-electron chi connectivity index (χ0n) is 8.67. The van der Waals surface area contributed by atoms with E-state index >= 15 is 0 Å². The quantitative estimate of drug-likeness (QED) is 0.728. The van der Waals surface area contributed by atoms with Gasteiger partial charge >= 0.3 is 0 Å². The number of thiazole rings is 1. The van der Waals surface area contributed by atoms with Gasteiger partial charge in [-0.15, -0.1) is 11.3 Å². The van der Waals surface area contributed by atoms with E-state index in [1.165, 1.54) is 0 Å². The van der Waals surface area contributed by atoms with E-state index in [0.29, 0.717) is 12.8 Å². The van der Waals surface area contributed by atoms with Gasteiger partial charge in [0.05, 0.1) is 6.42 Å². The lowest BCUT2D eigenvalue weighted by Crippen LogP contribution is -2.18. The Bertz CT molecular complexity index is 296. The van der Waals surface area contributed by atoms with Crippen molar-refractivity contribution in [3.8, 4) is 0 Å². The number of aryl methyl sites for hydroxylation is 1. The number of rotatable bonds is 6. The summed E-state index contributed by atoms with van der Waals surface area (Å²) in [6.45, 7) is 5.68. The van der Waals surface area contributed by atoms with Crippen molar-refractivity contribution in [1.29, 1.82) is 0 Å². The molecule has 0 bridgehead atoms. The van der Waals surface area contributed by atoms with E-state index in [4.69, 9.17) is 0 Å². The number of ketones is 1. The average Bonchev–Trinajstić information content (AvgIpc) is 2.52. The number of hydrogen-bond donors (Lipinski definition) is 1. The van der Waals surface area contributed by atoms with E-state index in [1.54, 1.807) is 11.3 Å². The van der Waals surface area contributed by atoms with Crippen molar-refractivity contribution in [2.45, 2.75) is 26.7 Å². The summed E-state index contributed by atoms with van der Waals surface area (Å²) in [6.07, 6.45) is 1.09. The summed E-state index contributed by atoms with van der Waals surface area (Å²) in [5.41, 5.74) is 1.00. The summed E-state index contributed by atoms with van der Waals surface area (Å²) in [7, 11) is 0. The number of carbonyl (C=O) groups excluding carboxylic acids is 1. The van der Waals surface area contributed by atoms with E-state index < -0.39 is 0 Å². The normalized spacial score (nSPS) is 10.4. The maximum Gasteiger partial charge on any atom is 0.140 e. The van der Waals surface area contributed by atoms with Crippen LogP contribution in [0.4, 0.5) is 0 Å². The van der Waals surface area contributed by atoms with Crippen molar-refractivity contribution in [2.24, 2.45) is 0 Å². The second kappa shape index (κ2) is 5.88. The van der Waals surface area contributed by atoms with Crippen LogP contribution in [0.5, 0.6) is 0 Å². The van der Waals surface area contributed by atoms with Gasteiger partial charge in [0.2, 0.25) is 0 Å². The number of nitrogens with zero attached hydrogens (tertiary/aromatic N) is 1. The molecule has 0 aliphatic rings. The Morgan fingerprint density at radius 1 is 1.64 bits per heavy atom. The summed E-state index contributed by atoms with van der Waals surface area (Å²) >= 11 is 1.56. The Balaban J connectivity index is 2.27. The van der Waals surface area contributed by atoms with Crippen LogP contribution in [0.1, 0.15) is 24.0 Å². The van der Waals surface area contributed by atoms with Gasteiger partial charge < -0.3 is 5.32 Å². The molecule has 0 aromatic carbocycles. The van der Waals surface area contributed by atoms with Crippen LogP contribution >= 0.6 is 11.3 Å². The molecule has 0 radical (unpaired) electrons. The fourth-order valence-corrected chi connectivity index (χ4v) is 1.95. The van der Waals surface area contributed by atoms with Gasteiger partial charge in [0.1, 0.15) is 10.8 Å². The zero-order chi connectivity index (χ0) is 10.4. The lowest BCUT2D eigenvalue weighted by atomic mass is 10.2. The third kappa shape index (κ3) is 3.98. The Morgan fingerprint density at radius 3 is 3.00 bits per heavy atom. The summed E-state index contributed by atoms with van der Waals surface area (Å²) < 4.78 is 0. The Kier molecular flexibility index (Phi) is 4.76. The standard InChI is InChI=1S/C10H16N2OS/c1-3-11-5-4-9(13)6-10-12-8(2)7-14-10/h7,11H,3-6H2,1-2H3. The first-order valence-corrected chi connectivity index (χ1v) is 5.73. The van der Waals surface area contributed by atoms with Gasteiger partial charge in [-0.05, 0) is 13.5 Å². The van der Waals surface area contributed by atoms with Crippen molar-refractivity contribution >= 4 is 17.1 Å². The largest absolute Gasteiger partial charge is 0.317 e. The molecule has 1 N–H and O–H groups in total. The molecular formula is C10H16N2OS. The lowest BCUT2D eigenvalue weighted by molar-refractivity contribution is -0.118. The molecule has 1 aromatic heterocycles. The van der Waals surface area contributed by atoms with E-state index in [0.717, 1.165) is 23.8 Å². The van der Waals surface area contributed by atoms with Crippen LogP contribution in [0.15, 0.2) is 5.38 Å². The third-order valence-corrected chi connectivity index (χ3v) is 2.81. The summed E-state index contributed by atoms with van der Waals surface area (Å²) in [5, 5.41) is 6.05. The van der Waals surface area contributed by atoms with Crippen LogP contribution < -0.4 is 5.32 Å². The van der Waals surface area contributed by atoms with Crippen LogP contribution in [0.25, 0.3) is 0 Å². The van der Waals surface area contributed by atoms with E-state index in [1.807, 2.05) is 19.2 Å². The summed E-state index contributed by atoms with van der Waals surface area (Å²) in [6, 6.07) is 0. The molecule has 0 spiro atoms. The Labute approximate surface area is 88.6 Å². The van der Waals surface area contributed by atoms with Crippen LogP contribution in [0.2, 0.25) is 0 Å². The van der Waals surface area contributed by atoms with Crippen molar-refractivity contribution in [3.63, 3.8) is 0 Å². The second-order valence-corrected chi connectivity index (χ2v) is 4.14. The second-order valence-electron chi connectivity index (χ2n) is 3.20. The number of carbonyl (C=O) groups is 1. The van der Waals surface area contributed by atoms with Gasteiger partial charge in [-0.2, -0.15) is 0 Å². The fourth-order valence-electron chi connectivity index (χ4n) is 1.15. The zero-order valence-corrected chi connectivity index (χ0v) is 9.49. The van der Waals surface area contributed by atoms with Crippen molar-refractivity contribution in [1.82, 2.24) is 10.3 Å². The minimum atomic E-state index is 0.264. The van der Waals surface area contributed by atoms with Gasteiger partial charge in [0.25, 0.3) is 0 Å². The molecule has 0 saturated carbocycles. The predicted molar refractivity (Wildman–Crippen MR) is 58.7 cm³/mol. The van der Waals surface area contributed by atoms with Crippen molar-refractivity contribution < 1.29 is 4.79 Å². The summed E-state index contributed by atoms with van der Waals surface area (Å²) in [5.74, 6) is 0.264. The van der Waals surface area contributed by atoms with E-state index in [2.05, 4.69) is 10.3 Å². The molecule has 0 saturated heterocycles. The molecule has 78 valence electrons. The monoisotopic (exact) mass is 212 g/mol. The highest BCUT2D eigenvalue weighted by atomic mass is 32.1. The number of hydrogen-bond acceptors (Lipinski definition) is 4. The third-order valence-electron chi connectivity index (χ3n) is 1.85. The first kappa shape index (κ1) is 11.3. The minimum absolute atomic E-state index is 0.264. The highest BCUT2D eigenvalue weighted by Gasteiger charge is 2.05. The van der Waals surface area contributed by atoms with Crippen LogP contribution in [0, 0.1) is 6.92 Å². The van der Waals surface area contributed by atoms with Crippen molar-refractivity contribution in [2.75, 3.05) is 13.1 Å². The number of nitrogens with one attached hydrogen (secondary N) is 1. The van der Waals surface area contributed by atoms with Crippen LogP contribution in [0.3, 0.4) is 0 Å². The van der Waals surface area contributed by atoms with Crippen molar-refractivity contribution in [3.05, 3.63) is 16.1 Å². The molecule has 14 heavy (non-hydrogen) atoms. The molecule has 0 aliphatic carbocycles. The predicted octanol–water partition coefficient (Wildman–Crippen LogP) is 1.56. The molecule has 1 heterocycles. The average molecular weight is 212 g/mol. The minimum Gasteiger partial charge on any atom is -0.317 e. The molecule has 0 fully saturated rings. The molecule has 0 aliphatic heterocycles. The van der Waals surface area contributed by atoms with Gasteiger partial charge in [-0.3, -0.25) is 4.79 Å². The fraction of sp³-hybridized carbons (Fsp3) is 0.600. The van der Waals surface area contributed by atoms with E-state index in [9.17, 15) is 4.79 Å². The van der Waals surface area contributed by atoms with Gasteiger partial charge in [-0.1, -0.05) is 6.92 Å². The maximum atomic E-state index is 11.4. The number of Topliss-reactive ketones (excluding diaryl/α,β-unsaturated/α-hetero) is 1. The molecule has 0 atom stereocenters. The molecule has 1 rings (SSSR count). The van der Waals surface area contributed by atoms with Crippen LogP contribution in [-0.4, -0.2) is 23.9 Å². The van der Waals surface area contributed by atoms with Gasteiger partial charge in [0.15, 0.2) is 0 Å². The summed E-state index contributed by atoms with van der Waals surface area (Å²) in [4.78, 5) is 15.7. The first-order chi connectivity index (χ1) is 6.72. The van der Waals surface area contributed by atoms with Gasteiger partial charge in [-0.25, -0.2) is 4.98 Å². The Morgan fingerprint density at radius 2 is 2.43 bits per heavy atom. The molecule has 3 nitrogen and oxygen atoms in total. The molecule has 1 aromatic rings. The van der Waals surface area contributed by atoms with Gasteiger partial charge in [0, 0.05) is 24.0 Å². The maximum absolute atomic E-state index is 11.4.